The summed E-state index contributed by atoms with van der Waals surface area (Å²) in [7, 11) is 1.83. The fraction of sp³-hybridized carbons (Fsp3) is 0.278. The number of anilines is 1. The first-order valence-electron chi connectivity index (χ1n) is 7.86. The Morgan fingerprint density at radius 3 is 2.15 bits per heavy atom. The van der Waals surface area contributed by atoms with E-state index in [1.807, 2.05) is 43.1 Å². The van der Waals surface area contributed by atoms with Crippen LogP contribution in [-0.4, -0.2) is 30.0 Å². The van der Waals surface area contributed by atoms with Gasteiger partial charge in [0.1, 0.15) is 11.5 Å². The number of halogens is 3. The summed E-state index contributed by atoms with van der Waals surface area (Å²) in [4.78, 5) is 1.82. The van der Waals surface area contributed by atoms with Gasteiger partial charge in [-0.1, -0.05) is 12.1 Å². The van der Waals surface area contributed by atoms with Gasteiger partial charge in [0.2, 0.25) is 0 Å². The second-order valence-corrected chi connectivity index (χ2v) is 5.82. The summed E-state index contributed by atoms with van der Waals surface area (Å²) in [6.07, 6.45) is -4.71. The van der Waals surface area contributed by atoms with E-state index in [0.29, 0.717) is 24.0 Å². The van der Waals surface area contributed by atoms with Crippen LogP contribution in [0.3, 0.4) is 0 Å². The van der Waals surface area contributed by atoms with E-state index in [1.165, 1.54) is 24.3 Å². The van der Waals surface area contributed by atoms with E-state index in [-0.39, 0.29) is 5.75 Å². The van der Waals surface area contributed by atoms with Crippen LogP contribution in [0.25, 0.3) is 0 Å². The molecule has 0 amide bonds. The molecule has 1 N–H and O–H groups in total. The monoisotopic (exact) mass is 384 g/mol. The van der Waals surface area contributed by atoms with Gasteiger partial charge < -0.3 is 19.7 Å². The van der Waals surface area contributed by atoms with Gasteiger partial charge in [-0.15, -0.1) is 13.2 Å². The maximum absolute atomic E-state index is 12.2. The van der Waals surface area contributed by atoms with Gasteiger partial charge in [-0.2, -0.15) is 0 Å². The zero-order chi connectivity index (χ0) is 19.2. The minimum absolute atomic E-state index is 0.281. The molecule has 2 aromatic carbocycles. The van der Waals surface area contributed by atoms with E-state index in [9.17, 15) is 13.2 Å². The molecule has 0 aliphatic carbocycles. The highest BCUT2D eigenvalue weighted by molar-refractivity contribution is 7.80. The molecule has 2 rings (SSSR count). The first-order valence-corrected chi connectivity index (χ1v) is 8.27. The summed E-state index contributed by atoms with van der Waals surface area (Å²) in [6.45, 7) is 3.11. The number of hydrogen-bond donors (Lipinski definition) is 1. The van der Waals surface area contributed by atoms with Crippen molar-refractivity contribution in [1.29, 1.82) is 0 Å². The molecule has 0 atom stereocenters. The highest BCUT2D eigenvalue weighted by Gasteiger charge is 2.30. The molecule has 26 heavy (non-hydrogen) atoms. The molecule has 0 aromatic heterocycles. The lowest BCUT2D eigenvalue weighted by Gasteiger charge is -2.21. The van der Waals surface area contributed by atoms with Gasteiger partial charge in [-0.3, -0.25) is 0 Å². The Morgan fingerprint density at radius 1 is 1.04 bits per heavy atom. The third-order valence-corrected chi connectivity index (χ3v) is 3.75. The maximum Gasteiger partial charge on any atom is 0.573 e. The highest BCUT2D eigenvalue weighted by Crippen LogP contribution is 2.24. The number of thiocarbonyl (C=S) groups is 1. The first-order chi connectivity index (χ1) is 12.3. The molecule has 0 unspecified atom stereocenters. The molecule has 140 valence electrons. The molecule has 4 nitrogen and oxygen atoms in total. The van der Waals surface area contributed by atoms with Crippen LogP contribution in [0.2, 0.25) is 0 Å². The Bertz CT molecular complexity index is 719. The molecule has 0 radical (unpaired) electrons. The highest BCUT2D eigenvalue weighted by atomic mass is 32.1. The normalized spacial score (nSPS) is 11.0. The lowest BCUT2D eigenvalue weighted by molar-refractivity contribution is -0.274. The molecule has 2 aromatic rings. The Labute approximate surface area is 155 Å². The largest absolute Gasteiger partial charge is 0.573 e. The zero-order valence-corrected chi connectivity index (χ0v) is 15.2. The van der Waals surface area contributed by atoms with E-state index in [4.69, 9.17) is 17.0 Å². The Kier molecular flexibility index (Phi) is 6.68. The van der Waals surface area contributed by atoms with Gasteiger partial charge in [0.15, 0.2) is 5.11 Å². The smallest absolute Gasteiger partial charge is 0.494 e. The number of rotatable bonds is 6. The van der Waals surface area contributed by atoms with Crippen LogP contribution < -0.4 is 14.8 Å². The maximum atomic E-state index is 12.2. The average molecular weight is 384 g/mol. The minimum atomic E-state index is -4.71. The Hall–Kier alpha value is -2.48. The van der Waals surface area contributed by atoms with Gasteiger partial charge in [0.25, 0.3) is 0 Å². The fourth-order valence-corrected chi connectivity index (χ4v) is 2.34. The molecule has 0 spiro atoms. The minimum Gasteiger partial charge on any atom is -0.494 e. The van der Waals surface area contributed by atoms with Gasteiger partial charge >= 0.3 is 6.36 Å². The van der Waals surface area contributed by atoms with Gasteiger partial charge in [0, 0.05) is 19.3 Å². The number of hydrogen-bond acceptors (Lipinski definition) is 3. The number of nitrogens with one attached hydrogen (secondary N) is 1. The van der Waals surface area contributed by atoms with Gasteiger partial charge in [-0.25, -0.2) is 0 Å². The second-order valence-electron chi connectivity index (χ2n) is 5.44. The van der Waals surface area contributed by atoms with Gasteiger partial charge in [-0.05, 0) is 61.1 Å². The summed E-state index contributed by atoms with van der Waals surface area (Å²) in [6, 6.07) is 13.1. The molecule has 0 bridgehead atoms. The van der Waals surface area contributed by atoms with Gasteiger partial charge in [0.05, 0.1) is 6.61 Å². The molecule has 0 fully saturated rings. The van der Waals surface area contributed by atoms with Crippen molar-refractivity contribution in [3.8, 4) is 11.5 Å². The van der Waals surface area contributed by atoms with Crippen molar-refractivity contribution in [3.63, 3.8) is 0 Å². The fourth-order valence-electron chi connectivity index (χ4n) is 2.16. The summed E-state index contributed by atoms with van der Waals surface area (Å²) in [5.41, 5.74) is 1.62. The van der Waals surface area contributed by atoms with Crippen molar-refractivity contribution in [2.24, 2.45) is 0 Å². The average Bonchev–Trinajstić information content (AvgIpc) is 2.57. The predicted molar refractivity (Wildman–Crippen MR) is 98.4 cm³/mol. The van der Waals surface area contributed by atoms with Crippen molar-refractivity contribution < 1.29 is 22.6 Å². The van der Waals surface area contributed by atoms with Crippen LogP contribution >= 0.6 is 12.2 Å². The van der Waals surface area contributed by atoms with Crippen molar-refractivity contribution in [2.45, 2.75) is 19.8 Å². The van der Waals surface area contributed by atoms with E-state index in [1.54, 1.807) is 0 Å². The summed E-state index contributed by atoms with van der Waals surface area (Å²) in [5, 5.41) is 3.43. The number of benzene rings is 2. The topological polar surface area (TPSA) is 33.7 Å². The lowest BCUT2D eigenvalue weighted by atomic mass is 10.2. The molecule has 0 saturated heterocycles. The third-order valence-electron chi connectivity index (χ3n) is 3.34. The van der Waals surface area contributed by atoms with E-state index in [2.05, 4.69) is 10.1 Å². The van der Waals surface area contributed by atoms with Crippen molar-refractivity contribution in [1.82, 2.24) is 4.90 Å². The second kappa shape index (κ2) is 8.75. The standard InChI is InChI=1S/C18H19F3N2O2S/c1-3-24-15-8-4-13(5-9-15)12-23(2)17(26)22-14-6-10-16(11-7-14)25-18(19,20)21/h4-11H,3,12H2,1-2H3,(H,22,26). The van der Waals surface area contributed by atoms with Crippen LogP contribution in [0.15, 0.2) is 48.5 Å². The Balaban J connectivity index is 1.90. The van der Waals surface area contributed by atoms with Crippen LogP contribution in [0.1, 0.15) is 12.5 Å². The van der Waals surface area contributed by atoms with Crippen molar-refractivity contribution >= 4 is 23.0 Å². The zero-order valence-electron chi connectivity index (χ0n) is 14.3. The predicted octanol–water partition coefficient (Wildman–Crippen LogP) is 4.81. The molecular weight excluding hydrogens is 365 g/mol. The van der Waals surface area contributed by atoms with E-state index in [0.717, 1.165) is 11.3 Å². The summed E-state index contributed by atoms with van der Waals surface area (Å²) < 4.78 is 45.7. The van der Waals surface area contributed by atoms with Crippen LogP contribution in [-0.2, 0) is 6.54 Å². The molecule has 8 heteroatoms. The number of ether oxygens (including phenoxy) is 2. The first kappa shape index (κ1) is 19.8. The molecule has 0 aliphatic rings. The molecule has 0 aliphatic heterocycles. The van der Waals surface area contributed by atoms with E-state index < -0.39 is 6.36 Å². The Morgan fingerprint density at radius 2 is 1.62 bits per heavy atom. The molecule has 0 heterocycles. The quantitative estimate of drug-likeness (QED) is 0.723. The lowest BCUT2D eigenvalue weighted by Crippen LogP contribution is -2.30. The van der Waals surface area contributed by atoms with E-state index >= 15 is 0 Å². The molecular formula is C18H19F3N2O2S. The van der Waals surface area contributed by atoms with Crippen LogP contribution in [0.5, 0.6) is 11.5 Å². The summed E-state index contributed by atoms with van der Waals surface area (Å²) in [5.74, 6) is 0.525. The molecule has 0 saturated carbocycles. The van der Waals surface area contributed by atoms with Crippen LogP contribution in [0.4, 0.5) is 18.9 Å². The SMILES string of the molecule is CCOc1ccc(CN(C)C(=S)Nc2ccc(OC(F)(F)F)cc2)cc1. The summed E-state index contributed by atoms with van der Waals surface area (Å²) >= 11 is 5.32. The number of alkyl halides is 3. The third kappa shape index (κ3) is 6.44. The van der Waals surface area contributed by atoms with Crippen molar-refractivity contribution in [2.75, 3.05) is 19.0 Å². The van der Waals surface area contributed by atoms with Crippen LogP contribution in [0, 0.1) is 0 Å². The van der Waals surface area contributed by atoms with Crippen molar-refractivity contribution in [3.05, 3.63) is 54.1 Å². The number of nitrogens with zero attached hydrogens (tertiary/aromatic N) is 1.